The van der Waals surface area contributed by atoms with E-state index in [4.69, 9.17) is 0 Å². The van der Waals surface area contributed by atoms with E-state index in [1.54, 1.807) is 12.1 Å². The fourth-order valence-electron chi connectivity index (χ4n) is 1.68. The fourth-order valence-corrected chi connectivity index (χ4v) is 1.68. The second-order valence-corrected chi connectivity index (χ2v) is 4.66. The summed E-state index contributed by atoms with van der Waals surface area (Å²) in [4.78, 5) is 1.94. The maximum atomic E-state index is 12.6. The van der Waals surface area contributed by atoms with Gasteiger partial charge in [-0.2, -0.15) is 23.4 Å². The van der Waals surface area contributed by atoms with Crippen LogP contribution in [0.3, 0.4) is 0 Å². The number of alkyl halides is 3. The van der Waals surface area contributed by atoms with Gasteiger partial charge in [-0.1, -0.05) is 6.07 Å². The highest BCUT2D eigenvalue weighted by Crippen LogP contribution is 2.31. The zero-order valence-corrected chi connectivity index (χ0v) is 11.6. The molecule has 0 saturated carbocycles. The van der Waals surface area contributed by atoms with Gasteiger partial charge in [0.2, 0.25) is 0 Å². The van der Waals surface area contributed by atoms with Crippen LogP contribution in [0.2, 0.25) is 0 Å². The Morgan fingerprint density at radius 3 is 2.05 bits per heavy atom. The Hall–Kier alpha value is -2.37. The summed E-state index contributed by atoms with van der Waals surface area (Å²) in [5.41, 5.74) is 1.02. The summed E-state index contributed by atoms with van der Waals surface area (Å²) in [7, 11) is 3.83. The van der Waals surface area contributed by atoms with Crippen molar-refractivity contribution in [3.8, 4) is 0 Å². The number of hydrogen-bond donors (Lipinski definition) is 0. The predicted molar refractivity (Wildman–Crippen MR) is 76.4 cm³/mol. The summed E-state index contributed by atoms with van der Waals surface area (Å²) in [6.45, 7) is 0. The van der Waals surface area contributed by atoms with Gasteiger partial charge in [0, 0.05) is 19.8 Å². The number of nitrogens with zero attached hydrogens (tertiary/aromatic N) is 3. The van der Waals surface area contributed by atoms with Crippen molar-refractivity contribution < 1.29 is 13.2 Å². The molecule has 6 heteroatoms. The molecule has 0 aliphatic rings. The van der Waals surface area contributed by atoms with Crippen molar-refractivity contribution in [2.75, 3.05) is 19.0 Å². The monoisotopic (exact) mass is 293 g/mol. The van der Waals surface area contributed by atoms with Gasteiger partial charge in [0.05, 0.1) is 16.9 Å². The second kappa shape index (κ2) is 5.95. The Bertz CT molecular complexity index is 631. The normalized spacial score (nSPS) is 11.9. The van der Waals surface area contributed by atoms with Gasteiger partial charge < -0.3 is 4.90 Å². The molecule has 0 radical (unpaired) electrons. The van der Waals surface area contributed by atoms with Crippen molar-refractivity contribution in [3.63, 3.8) is 0 Å². The smallest absolute Gasteiger partial charge is 0.378 e. The minimum Gasteiger partial charge on any atom is -0.378 e. The van der Waals surface area contributed by atoms with Crippen LogP contribution >= 0.6 is 0 Å². The Labute approximate surface area is 120 Å². The number of halogens is 3. The molecule has 0 heterocycles. The van der Waals surface area contributed by atoms with Crippen LogP contribution in [0.4, 0.5) is 30.2 Å². The van der Waals surface area contributed by atoms with Crippen LogP contribution in [-0.4, -0.2) is 14.1 Å². The van der Waals surface area contributed by atoms with Crippen molar-refractivity contribution in [1.82, 2.24) is 0 Å². The lowest BCUT2D eigenvalue weighted by Gasteiger charge is -2.11. The van der Waals surface area contributed by atoms with Gasteiger partial charge >= 0.3 is 6.18 Å². The van der Waals surface area contributed by atoms with E-state index in [0.717, 1.165) is 17.8 Å². The Balaban J connectivity index is 2.17. The molecule has 0 saturated heterocycles. The third-order valence-electron chi connectivity index (χ3n) is 2.82. The van der Waals surface area contributed by atoms with Crippen LogP contribution in [-0.2, 0) is 6.18 Å². The van der Waals surface area contributed by atoms with E-state index in [1.807, 2.05) is 31.1 Å². The molecule has 110 valence electrons. The van der Waals surface area contributed by atoms with Crippen molar-refractivity contribution in [2.24, 2.45) is 10.2 Å². The minimum absolute atomic E-state index is 0.168. The molecule has 2 aromatic carbocycles. The Kier molecular flexibility index (Phi) is 4.26. The molecule has 0 aliphatic heterocycles. The average Bonchev–Trinajstić information content (AvgIpc) is 2.45. The zero-order chi connectivity index (χ0) is 15.5. The highest BCUT2D eigenvalue weighted by molar-refractivity contribution is 5.52. The van der Waals surface area contributed by atoms with Crippen LogP contribution in [0.25, 0.3) is 0 Å². The van der Waals surface area contributed by atoms with E-state index in [0.29, 0.717) is 5.69 Å². The fraction of sp³-hybridized carbons (Fsp3) is 0.200. The lowest BCUT2D eigenvalue weighted by molar-refractivity contribution is -0.137. The van der Waals surface area contributed by atoms with E-state index in [9.17, 15) is 13.2 Å². The summed E-state index contributed by atoms with van der Waals surface area (Å²) in [5.74, 6) is 0. The summed E-state index contributed by atoms with van der Waals surface area (Å²) >= 11 is 0. The van der Waals surface area contributed by atoms with Crippen LogP contribution < -0.4 is 4.90 Å². The van der Waals surface area contributed by atoms with Crippen LogP contribution in [0, 0.1) is 0 Å². The molecule has 21 heavy (non-hydrogen) atoms. The summed E-state index contributed by atoms with van der Waals surface area (Å²) in [6.07, 6.45) is -4.38. The van der Waals surface area contributed by atoms with Gasteiger partial charge in [-0.3, -0.25) is 0 Å². The van der Waals surface area contributed by atoms with Crippen LogP contribution in [0.5, 0.6) is 0 Å². The number of benzene rings is 2. The molecular weight excluding hydrogens is 279 g/mol. The molecular formula is C15H14F3N3. The molecule has 0 amide bonds. The van der Waals surface area contributed by atoms with Crippen molar-refractivity contribution in [1.29, 1.82) is 0 Å². The maximum Gasteiger partial charge on any atom is 0.416 e. The van der Waals surface area contributed by atoms with Gasteiger partial charge in [-0.15, -0.1) is 0 Å². The largest absolute Gasteiger partial charge is 0.416 e. The SMILES string of the molecule is CN(C)c1ccc(N=Nc2cccc(C(F)(F)F)c2)cc1. The number of anilines is 1. The zero-order valence-electron chi connectivity index (χ0n) is 11.6. The first-order chi connectivity index (χ1) is 9.86. The molecule has 0 unspecified atom stereocenters. The number of rotatable bonds is 3. The molecule has 0 atom stereocenters. The lowest BCUT2D eigenvalue weighted by atomic mass is 10.2. The molecule has 0 spiro atoms. The number of azo groups is 1. The molecule has 2 aromatic rings. The van der Waals surface area contributed by atoms with Gasteiger partial charge in [0.25, 0.3) is 0 Å². The third-order valence-corrected chi connectivity index (χ3v) is 2.82. The average molecular weight is 293 g/mol. The third kappa shape index (κ3) is 4.05. The first-order valence-corrected chi connectivity index (χ1v) is 6.22. The topological polar surface area (TPSA) is 28.0 Å². The van der Waals surface area contributed by atoms with E-state index in [1.165, 1.54) is 12.1 Å². The highest BCUT2D eigenvalue weighted by atomic mass is 19.4. The minimum atomic E-state index is -4.38. The molecule has 2 rings (SSSR count). The molecule has 0 aromatic heterocycles. The predicted octanol–water partition coefficient (Wildman–Crippen LogP) is 5.19. The van der Waals surface area contributed by atoms with Crippen LogP contribution in [0.1, 0.15) is 5.56 Å². The van der Waals surface area contributed by atoms with Crippen molar-refractivity contribution in [2.45, 2.75) is 6.18 Å². The highest BCUT2D eigenvalue weighted by Gasteiger charge is 2.30. The Morgan fingerprint density at radius 2 is 1.48 bits per heavy atom. The van der Waals surface area contributed by atoms with Crippen molar-refractivity contribution >= 4 is 17.1 Å². The quantitative estimate of drug-likeness (QED) is 0.716. The van der Waals surface area contributed by atoms with Gasteiger partial charge in [-0.05, 0) is 42.5 Å². The summed E-state index contributed by atoms with van der Waals surface area (Å²) in [6, 6.07) is 12.0. The molecule has 0 bridgehead atoms. The molecule has 0 fully saturated rings. The van der Waals surface area contributed by atoms with Gasteiger partial charge in [0.1, 0.15) is 0 Å². The van der Waals surface area contributed by atoms with Crippen LogP contribution in [0.15, 0.2) is 58.8 Å². The standard InChI is InChI=1S/C15H14F3N3/c1-21(2)14-8-6-12(7-9-14)19-20-13-5-3-4-11(10-13)15(16,17)18/h3-10H,1-2H3. The van der Waals surface area contributed by atoms with E-state index >= 15 is 0 Å². The summed E-state index contributed by atoms with van der Waals surface area (Å²) in [5, 5.41) is 7.78. The molecule has 3 nitrogen and oxygen atoms in total. The van der Waals surface area contributed by atoms with Crippen molar-refractivity contribution in [3.05, 3.63) is 54.1 Å². The van der Waals surface area contributed by atoms with E-state index in [-0.39, 0.29) is 5.69 Å². The maximum absolute atomic E-state index is 12.6. The van der Waals surface area contributed by atoms with E-state index < -0.39 is 11.7 Å². The first-order valence-electron chi connectivity index (χ1n) is 6.22. The van der Waals surface area contributed by atoms with Gasteiger partial charge in [-0.25, -0.2) is 0 Å². The summed E-state index contributed by atoms with van der Waals surface area (Å²) < 4.78 is 37.7. The number of hydrogen-bond acceptors (Lipinski definition) is 3. The lowest BCUT2D eigenvalue weighted by Crippen LogP contribution is -2.07. The molecule has 0 aliphatic carbocycles. The molecule has 0 N–H and O–H groups in total. The van der Waals surface area contributed by atoms with Gasteiger partial charge in [0.15, 0.2) is 0 Å². The second-order valence-electron chi connectivity index (χ2n) is 4.66. The first kappa shape index (κ1) is 15.0. The Morgan fingerprint density at radius 1 is 0.857 bits per heavy atom. The van der Waals surface area contributed by atoms with E-state index in [2.05, 4.69) is 10.2 Å².